The Bertz CT molecular complexity index is 1680. The summed E-state index contributed by atoms with van der Waals surface area (Å²) in [6, 6.07) is 5.20. The van der Waals surface area contributed by atoms with Crippen LogP contribution >= 0.6 is 0 Å². The molecule has 1 atom stereocenters. The molecule has 4 rings (SSSR count). The Morgan fingerprint density at radius 3 is 2.26 bits per heavy atom. The van der Waals surface area contributed by atoms with Crippen molar-refractivity contribution in [1.29, 1.82) is 5.26 Å². The van der Waals surface area contributed by atoms with Crippen LogP contribution in [0.2, 0.25) is 0 Å². The fourth-order valence-corrected chi connectivity index (χ4v) is 4.75. The van der Waals surface area contributed by atoms with Gasteiger partial charge in [-0.1, -0.05) is 0 Å². The number of nitrogens with one attached hydrogen (secondary N) is 1. The van der Waals surface area contributed by atoms with Crippen molar-refractivity contribution < 1.29 is 39.5 Å². The van der Waals surface area contributed by atoms with Gasteiger partial charge in [0.05, 0.1) is 35.8 Å². The summed E-state index contributed by atoms with van der Waals surface area (Å²) in [5.74, 6) is 0.474. The first-order valence-corrected chi connectivity index (χ1v) is 12.2. The molecule has 1 N–H and O–H groups in total. The van der Waals surface area contributed by atoms with Gasteiger partial charge in [-0.2, -0.15) is 36.3 Å². The van der Waals surface area contributed by atoms with E-state index in [2.05, 4.69) is 15.0 Å². The third-order valence-electron chi connectivity index (χ3n) is 5.55. The average Bonchev–Trinajstić information content (AvgIpc) is 3.21. The molecule has 4 aromatic rings. The van der Waals surface area contributed by atoms with E-state index in [0.29, 0.717) is 18.9 Å². The van der Waals surface area contributed by atoms with E-state index in [0.717, 1.165) is 24.4 Å². The first kappa shape index (κ1) is 27.8. The van der Waals surface area contributed by atoms with Gasteiger partial charge in [-0.05, 0) is 37.3 Å². The predicted molar refractivity (Wildman–Crippen MR) is 124 cm³/mol. The van der Waals surface area contributed by atoms with Crippen LogP contribution < -0.4 is 9.46 Å². The Morgan fingerprint density at radius 1 is 1.03 bits per heavy atom. The zero-order valence-corrected chi connectivity index (χ0v) is 20.6. The lowest BCUT2D eigenvalue weighted by Crippen LogP contribution is -2.42. The van der Waals surface area contributed by atoms with Crippen LogP contribution in [0.25, 0.3) is 28.2 Å². The van der Waals surface area contributed by atoms with E-state index < -0.39 is 38.9 Å². The standard InChI is InChI=1S/C23H16F6N6O3S/c1-12(22(24,25)26)34-39(36,37)15-4-5-18(31-11-15)20-17(8-30)16-7-13(23(27,28)29)9-33-21(16)35(20)19-6-3-14(38-2)10-32-19/h3-7,9-12,34H,1-2H3/t12-/m0/s1. The fourth-order valence-electron chi connectivity index (χ4n) is 3.57. The Hall–Kier alpha value is -4.23. The quantitative estimate of drug-likeness (QED) is 0.336. The van der Waals surface area contributed by atoms with E-state index in [-0.39, 0.29) is 33.8 Å². The number of hydrogen-bond donors (Lipinski definition) is 1. The van der Waals surface area contributed by atoms with Crippen molar-refractivity contribution in [2.45, 2.75) is 30.2 Å². The van der Waals surface area contributed by atoms with Crippen molar-refractivity contribution >= 4 is 21.1 Å². The molecule has 0 saturated carbocycles. The van der Waals surface area contributed by atoms with E-state index >= 15 is 0 Å². The largest absolute Gasteiger partial charge is 0.495 e. The highest BCUT2D eigenvalue weighted by Crippen LogP contribution is 2.37. The summed E-state index contributed by atoms with van der Waals surface area (Å²) in [6.45, 7) is 0.626. The molecular formula is C23H16F6N6O3S. The van der Waals surface area contributed by atoms with Crippen molar-refractivity contribution in [1.82, 2.24) is 24.2 Å². The third-order valence-corrected chi connectivity index (χ3v) is 7.07. The first-order valence-electron chi connectivity index (χ1n) is 10.7. The van der Waals surface area contributed by atoms with Gasteiger partial charge < -0.3 is 4.74 Å². The molecule has 9 nitrogen and oxygen atoms in total. The number of nitriles is 1. The van der Waals surface area contributed by atoms with Crippen molar-refractivity contribution in [2.24, 2.45) is 0 Å². The number of fused-ring (bicyclic) bond motifs is 1. The molecule has 204 valence electrons. The van der Waals surface area contributed by atoms with Crippen LogP contribution in [0.15, 0.2) is 53.8 Å². The van der Waals surface area contributed by atoms with E-state index in [1.807, 2.05) is 6.07 Å². The van der Waals surface area contributed by atoms with Crippen molar-refractivity contribution in [3.8, 4) is 29.0 Å². The highest BCUT2D eigenvalue weighted by atomic mass is 32.2. The maximum Gasteiger partial charge on any atom is 0.417 e. The van der Waals surface area contributed by atoms with Crippen LogP contribution in [0.1, 0.15) is 18.1 Å². The molecule has 0 radical (unpaired) electrons. The van der Waals surface area contributed by atoms with Gasteiger partial charge in [0, 0.05) is 17.8 Å². The minimum Gasteiger partial charge on any atom is -0.495 e. The normalized spacial score (nSPS) is 13.3. The summed E-state index contributed by atoms with van der Waals surface area (Å²) in [7, 11) is -3.25. The monoisotopic (exact) mass is 570 g/mol. The fraction of sp³-hybridized carbons (Fsp3) is 0.217. The second kappa shape index (κ2) is 9.82. The molecule has 0 fully saturated rings. The van der Waals surface area contributed by atoms with E-state index in [4.69, 9.17) is 4.74 Å². The lowest BCUT2D eigenvalue weighted by atomic mass is 10.1. The van der Waals surface area contributed by atoms with E-state index in [1.165, 1.54) is 34.7 Å². The summed E-state index contributed by atoms with van der Waals surface area (Å²) in [5, 5.41) is 9.74. The van der Waals surface area contributed by atoms with E-state index in [1.54, 1.807) is 0 Å². The Labute approximate surface area is 216 Å². The molecular weight excluding hydrogens is 554 g/mol. The van der Waals surface area contributed by atoms with Gasteiger partial charge in [0.2, 0.25) is 10.0 Å². The molecule has 0 aliphatic rings. The molecule has 0 spiro atoms. The average molecular weight is 570 g/mol. The van der Waals surface area contributed by atoms with Crippen LogP contribution in [0.4, 0.5) is 26.3 Å². The highest BCUT2D eigenvalue weighted by molar-refractivity contribution is 7.89. The third kappa shape index (κ3) is 5.36. The van der Waals surface area contributed by atoms with Crippen LogP contribution in [0, 0.1) is 11.3 Å². The zero-order chi connectivity index (χ0) is 28.8. The summed E-state index contributed by atoms with van der Waals surface area (Å²) >= 11 is 0. The van der Waals surface area contributed by atoms with Gasteiger partial charge in [0.25, 0.3) is 0 Å². The molecule has 0 unspecified atom stereocenters. The zero-order valence-electron chi connectivity index (χ0n) is 19.8. The number of rotatable bonds is 6. The number of halogens is 6. The minimum absolute atomic E-state index is 0.0717. The van der Waals surface area contributed by atoms with Crippen LogP contribution in [-0.4, -0.2) is 47.3 Å². The van der Waals surface area contributed by atoms with Gasteiger partial charge in [0.15, 0.2) is 0 Å². The lowest BCUT2D eigenvalue weighted by Gasteiger charge is -2.17. The molecule has 0 aliphatic heterocycles. The number of alkyl halides is 6. The van der Waals surface area contributed by atoms with Crippen LogP contribution in [-0.2, 0) is 16.2 Å². The molecule has 0 bridgehead atoms. The summed E-state index contributed by atoms with van der Waals surface area (Å²) in [4.78, 5) is 11.5. The maximum atomic E-state index is 13.4. The Kier molecular flexibility index (Phi) is 7.00. The topological polar surface area (TPSA) is 123 Å². The van der Waals surface area contributed by atoms with Crippen molar-refractivity contribution in [3.63, 3.8) is 0 Å². The van der Waals surface area contributed by atoms with Crippen LogP contribution in [0.5, 0.6) is 5.75 Å². The smallest absolute Gasteiger partial charge is 0.417 e. The van der Waals surface area contributed by atoms with E-state index in [9.17, 15) is 40.0 Å². The summed E-state index contributed by atoms with van der Waals surface area (Å²) in [5.41, 5.74) is -1.62. The number of pyridine rings is 3. The van der Waals surface area contributed by atoms with Gasteiger partial charge in [-0.25, -0.2) is 18.4 Å². The Morgan fingerprint density at radius 2 is 1.74 bits per heavy atom. The molecule has 4 aromatic heterocycles. The SMILES string of the molecule is COc1ccc(-n2c(-c3ccc(S(=O)(=O)N[C@@H](C)C(F)(F)F)cn3)c(C#N)c3cc(C(F)(F)F)cnc32)nc1. The number of ether oxygens (including phenoxy) is 1. The molecule has 16 heteroatoms. The second-order valence-corrected chi connectivity index (χ2v) is 9.80. The van der Waals surface area contributed by atoms with Crippen LogP contribution in [0.3, 0.4) is 0 Å². The number of sulfonamides is 1. The van der Waals surface area contributed by atoms with Crippen molar-refractivity contribution in [2.75, 3.05) is 7.11 Å². The molecule has 0 amide bonds. The highest BCUT2D eigenvalue weighted by Gasteiger charge is 2.39. The number of methoxy groups -OCH3 is 1. The number of hydrogen-bond acceptors (Lipinski definition) is 7. The second-order valence-electron chi connectivity index (χ2n) is 8.08. The maximum absolute atomic E-state index is 13.4. The predicted octanol–water partition coefficient (Wildman–Crippen LogP) is 4.61. The lowest BCUT2D eigenvalue weighted by molar-refractivity contribution is -0.147. The summed E-state index contributed by atoms with van der Waals surface area (Å²) < 4.78 is 111. The number of nitrogens with zero attached hydrogens (tertiary/aromatic N) is 5. The van der Waals surface area contributed by atoms with Gasteiger partial charge >= 0.3 is 12.4 Å². The first-order chi connectivity index (χ1) is 18.2. The Balaban J connectivity index is 1.92. The molecule has 0 aromatic carbocycles. The molecule has 39 heavy (non-hydrogen) atoms. The summed E-state index contributed by atoms with van der Waals surface area (Å²) in [6.07, 6.45) is -6.93. The molecule has 0 aliphatic carbocycles. The number of aromatic nitrogens is 4. The van der Waals surface area contributed by atoms with Gasteiger partial charge in [0.1, 0.15) is 34.2 Å². The molecule has 0 saturated heterocycles. The molecule has 4 heterocycles. The van der Waals surface area contributed by atoms with Gasteiger partial charge in [-0.15, -0.1) is 0 Å². The van der Waals surface area contributed by atoms with Gasteiger partial charge in [-0.3, -0.25) is 9.55 Å². The minimum atomic E-state index is -4.84. The van der Waals surface area contributed by atoms with Crippen molar-refractivity contribution in [3.05, 3.63) is 60.0 Å².